The molecule has 0 bridgehead atoms. The van der Waals surface area contributed by atoms with Crippen LogP contribution in [0.25, 0.3) is 10.8 Å². The van der Waals surface area contributed by atoms with Gasteiger partial charge in [-0.2, -0.15) is 0 Å². The molecule has 0 radical (unpaired) electrons. The number of benzene rings is 3. The van der Waals surface area contributed by atoms with Gasteiger partial charge in [-0.15, -0.1) is 0 Å². The lowest BCUT2D eigenvalue weighted by Crippen LogP contribution is -2.51. The van der Waals surface area contributed by atoms with Gasteiger partial charge in [0.2, 0.25) is 5.91 Å². The molecule has 5 rings (SSSR count). The van der Waals surface area contributed by atoms with Crippen LogP contribution in [0.4, 0.5) is 5.69 Å². The number of fused-ring (bicyclic) bond motifs is 1. The Bertz CT molecular complexity index is 1270. The van der Waals surface area contributed by atoms with Gasteiger partial charge in [-0.05, 0) is 35.2 Å². The van der Waals surface area contributed by atoms with Crippen LogP contribution >= 0.6 is 0 Å². The van der Waals surface area contributed by atoms with Crippen LogP contribution in [0.2, 0.25) is 0 Å². The largest absolute Gasteiger partial charge is 0.340 e. The summed E-state index contributed by atoms with van der Waals surface area (Å²) in [6.45, 7) is 4.61. The molecule has 0 spiro atoms. The maximum Gasteiger partial charge on any atom is 0.269 e. The molecule has 2 heterocycles. The average Bonchev–Trinajstić information content (AvgIpc) is 2.92. The lowest BCUT2D eigenvalue weighted by Gasteiger charge is -2.38. The summed E-state index contributed by atoms with van der Waals surface area (Å²) in [5.41, 5.74) is 1.73. The number of piperidine rings is 1. The molecular formula is C28H30N4O4. The molecule has 186 valence electrons. The third-order valence-electron chi connectivity index (χ3n) is 7.36. The van der Waals surface area contributed by atoms with Crippen molar-refractivity contribution >= 4 is 28.3 Å². The van der Waals surface area contributed by atoms with Gasteiger partial charge in [0, 0.05) is 69.4 Å². The SMILES string of the molecule is O=C(c1cccc2ccccc12)N1CCC(C(=O)N2CCN(Cc3cccc([N+](=O)[O-])c3)CC2)CC1. The van der Waals surface area contributed by atoms with Crippen molar-refractivity contribution in [3.8, 4) is 0 Å². The first-order chi connectivity index (χ1) is 17.5. The first kappa shape index (κ1) is 23.9. The van der Waals surface area contributed by atoms with E-state index in [1.165, 1.54) is 6.07 Å². The predicted molar refractivity (Wildman–Crippen MR) is 138 cm³/mol. The molecule has 36 heavy (non-hydrogen) atoms. The summed E-state index contributed by atoms with van der Waals surface area (Å²) >= 11 is 0. The average molecular weight is 487 g/mol. The molecule has 2 amide bonds. The standard InChI is InChI=1S/C28H30N4O4/c33-27(31-17-15-29(16-18-31)20-21-5-3-8-24(19-21)32(35)36)23-11-13-30(14-12-23)28(34)26-10-4-7-22-6-1-2-9-25(22)26/h1-10,19,23H,11-18,20H2. The van der Waals surface area contributed by atoms with Crippen molar-refractivity contribution in [3.05, 3.63) is 88.0 Å². The molecule has 2 aliphatic heterocycles. The van der Waals surface area contributed by atoms with Gasteiger partial charge < -0.3 is 9.80 Å². The number of hydrogen-bond acceptors (Lipinski definition) is 5. The number of nitro benzene ring substituents is 1. The Hall–Kier alpha value is -3.78. The molecule has 2 aliphatic rings. The quantitative estimate of drug-likeness (QED) is 0.403. The summed E-state index contributed by atoms with van der Waals surface area (Å²) in [6, 6.07) is 20.5. The van der Waals surface area contributed by atoms with Crippen LogP contribution in [0, 0.1) is 16.0 Å². The highest BCUT2D eigenvalue weighted by molar-refractivity contribution is 6.07. The van der Waals surface area contributed by atoms with Crippen molar-refractivity contribution in [3.63, 3.8) is 0 Å². The molecule has 0 aliphatic carbocycles. The predicted octanol–water partition coefficient (Wildman–Crippen LogP) is 3.94. The number of carbonyl (C=O) groups is 2. The van der Waals surface area contributed by atoms with Crippen LogP contribution in [0.1, 0.15) is 28.8 Å². The van der Waals surface area contributed by atoms with Gasteiger partial charge >= 0.3 is 0 Å². The van der Waals surface area contributed by atoms with E-state index in [-0.39, 0.29) is 28.3 Å². The van der Waals surface area contributed by atoms with E-state index in [2.05, 4.69) is 4.90 Å². The van der Waals surface area contributed by atoms with Gasteiger partial charge in [0.05, 0.1) is 4.92 Å². The van der Waals surface area contributed by atoms with Crippen LogP contribution in [0.5, 0.6) is 0 Å². The van der Waals surface area contributed by atoms with Crippen molar-refractivity contribution in [2.45, 2.75) is 19.4 Å². The van der Waals surface area contributed by atoms with Crippen LogP contribution in [0.15, 0.2) is 66.7 Å². The Labute approximate surface area is 210 Å². The molecule has 0 unspecified atom stereocenters. The number of carbonyl (C=O) groups excluding carboxylic acids is 2. The number of nitro groups is 1. The Morgan fingerprint density at radius 1 is 0.833 bits per heavy atom. The van der Waals surface area contributed by atoms with E-state index in [0.29, 0.717) is 45.6 Å². The van der Waals surface area contributed by atoms with Gasteiger partial charge in [-0.25, -0.2) is 0 Å². The minimum absolute atomic E-state index is 0.0347. The van der Waals surface area contributed by atoms with Gasteiger partial charge in [-0.1, -0.05) is 48.5 Å². The molecular weight excluding hydrogens is 456 g/mol. The van der Waals surface area contributed by atoms with E-state index in [1.807, 2.05) is 58.3 Å². The fourth-order valence-electron chi connectivity index (χ4n) is 5.32. The number of rotatable bonds is 5. The van der Waals surface area contributed by atoms with Crippen LogP contribution < -0.4 is 0 Å². The summed E-state index contributed by atoms with van der Waals surface area (Å²) in [7, 11) is 0. The molecule has 2 fully saturated rings. The molecule has 8 nitrogen and oxygen atoms in total. The second kappa shape index (κ2) is 10.5. The Balaban J connectivity index is 1.12. The van der Waals surface area contributed by atoms with Crippen molar-refractivity contribution in [2.75, 3.05) is 39.3 Å². The maximum atomic E-state index is 13.2. The van der Waals surface area contributed by atoms with Crippen LogP contribution in [-0.4, -0.2) is 70.7 Å². The van der Waals surface area contributed by atoms with Gasteiger partial charge in [0.1, 0.15) is 0 Å². The smallest absolute Gasteiger partial charge is 0.269 e. The molecule has 0 aromatic heterocycles. The van der Waals surface area contributed by atoms with Gasteiger partial charge in [-0.3, -0.25) is 24.6 Å². The number of likely N-dealkylation sites (tertiary alicyclic amines) is 1. The summed E-state index contributed by atoms with van der Waals surface area (Å²) in [5.74, 6) is 0.166. The Morgan fingerprint density at radius 2 is 1.53 bits per heavy atom. The fourth-order valence-corrected chi connectivity index (χ4v) is 5.32. The fraction of sp³-hybridized carbons (Fsp3) is 0.357. The number of amides is 2. The minimum Gasteiger partial charge on any atom is -0.340 e. The Kier molecular flexibility index (Phi) is 6.95. The summed E-state index contributed by atoms with van der Waals surface area (Å²) in [6.07, 6.45) is 1.37. The first-order valence-corrected chi connectivity index (χ1v) is 12.5. The molecule has 3 aromatic carbocycles. The van der Waals surface area contributed by atoms with Crippen LogP contribution in [-0.2, 0) is 11.3 Å². The van der Waals surface area contributed by atoms with Gasteiger partial charge in [0.15, 0.2) is 0 Å². The zero-order chi connectivity index (χ0) is 25.1. The normalized spacial score (nSPS) is 17.3. The second-order valence-corrected chi connectivity index (χ2v) is 9.62. The zero-order valence-corrected chi connectivity index (χ0v) is 20.2. The van der Waals surface area contributed by atoms with E-state index < -0.39 is 0 Å². The third-order valence-corrected chi connectivity index (χ3v) is 7.36. The third kappa shape index (κ3) is 5.09. The number of hydrogen-bond donors (Lipinski definition) is 0. The van der Waals surface area contributed by atoms with E-state index in [0.717, 1.165) is 35.0 Å². The molecule has 3 aromatic rings. The molecule has 0 atom stereocenters. The molecule has 0 saturated carbocycles. The zero-order valence-electron chi connectivity index (χ0n) is 20.2. The van der Waals surface area contributed by atoms with E-state index >= 15 is 0 Å². The van der Waals surface area contributed by atoms with E-state index in [4.69, 9.17) is 0 Å². The van der Waals surface area contributed by atoms with E-state index in [1.54, 1.807) is 12.1 Å². The number of non-ortho nitro benzene ring substituents is 1. The van der Waals surface area contributed by atoms with Crippen molar-refractivity contribution in [1.82, 2.24) is 14.7 Å². The highest BCUT2D eigenvalue weighted by Crippen LogP contribution is 2.25. The highest BCUT2D eigenvalue weighted by atomic mass is 16.6. The molecule has 8 heteroatoms. The second-order valence-electron chi connectivity index (χ2n) is 9.62. The molecule has 0 N–H and O–H groups in total. The first-order valence-electron chi connectivity index (χ1n) is 12.5. The number of nitrogens with zero attached hydrogens (tertiary/aromatic N) is 4. The monoisotopic (exact) mass is 486 g/mol. The summed E-state index contributed by atoms with van der Waals surface area (Å²) in [4.78, 5) is 43.1. The Morgan fingerprint density at radius 3 is 2.28 bits per heavy atom. The topological polar surface area (TPSA) is 87.0 Å². The summed E-state index contributed by atoms with van der Waals surface area (Å²) in [5, 5.41) is 13.0. The van der Waals surface area contributed by atoms with Crippen molar-refractivity contribution in [1.29, 1.82) is 0 Å². The summed E-state index contributed by atoms with van der Waals surface area (Å²) < 4.78 is 0. The van der Waals surface area contributed by atoms with Crippen molar-refractivity contribution < 1.29 is 14.5 Å². The lowest BCUT2D eigenvalue weighted by atomic mass is 9.94. The maximum absolute atomic E-state index is 13.2. The van der Waals surface area contributed by atoms with Gasteiger partial charge in [0.25, 0.3) is 11.6 Å². The minimum atomic E-state index is -0.374. The highest BCUT2D eigenvalue weighted by Gasteiger charge is 2.32. The molecule has 2 saturated heterocycles. The van der Waals surface area contributed by atoms with Crippen molar-refractivity contribution in [2.24, 2.45) is 5.92 Å². The van der Waals surface area contributed by atoms with Crippen LogP contribution in [0.3, 0.4) is 0 Å². The lowest BCUT2D eigenvalue weighted by molar-refractivity contribution is -0.384. The number of piperazine rings is 1. The van der Waals surface area contributed by atoms with E-state index in [9.17, 15) is 19.7 Å².